The Balaban J connectivity index is 0.00000420. The third kappa shape index (κ3) is 8.55. The third-order valence-corrected chi connectivity index (χ3v) is 5.13. The van der Waals surface area contributed by atoms with Crippen molar-refractivity contribution < 1.29 is 9.59 Å². The van der Waals surface area contributed by atoms with Crippen LogP contribution in [-0.2, 0) is 16.0 Å². The number of halogens is 1. The maximum atomic E-state index is 12.4. The van der Waals surface area contributed by atoms with E-state index in [1.54, 1.807) is 32.2 Å². The van der Waals surface area contributed by atoms with Crippen molar-refractivity contribution >= 4 is 41.8 Å². The van der Waals surface area contributed by atoms with Gasteiger partial charge in [0.25, 0.3) is 0 Å². The number of nitrogens with zero attached hydrogens (tertiary/aromatic N) is 4. The molecule has 9 heteroatoms. The zero-order chi connectivity index (χ0) is 20.4. The fourth-order valence-electron chi connectivity index (χ4n) is 3.29. The number of piperidine rings is 1. The van der Waals surface area contributed by atoms with Crippen molar-refractivity contribution in [2.45, 2.75) is 25.7 Å². The van der Waals surface area contributed by atoms with Crippen molar-refractivity contribution in [2.24, 2.45) is 10.9 Å². The van der Waals surface area contributed by atoms with E-state index >= 15 is 0 Å². The molecule has 0 spiro atoms. The molecule has 0 radical (unpaired) electrons. The maximum absolute atomic E-state index is 12.4. The summed E-state index contributed by atoms with van der Waals surface area (Å²) in [6.07, 6.45) is 4.98. The highest BCUT2D eigenvalue weighted by Crippen LogP contribution is 2.20. The Morgan fingerprint density at radius 2 is 2.03 bits per heavy atom. The first-order chi connectivity index (χ1) is 13.5. The molecule has 8 nitrogen and oxygen atoms in total. The Labute approximate surface area is 190 Å². The second-order valence-corrected chi connectivity index (χ2v) is 7.09. The van der Waals surface area contributed by atoms with Crippen LogP contribution in [0.15, 0.2) is 29.4 Å². The van der Waals surface area contributed by atoms with Gasteiger partial charge in [0.2, 0.25) is 11.8 Å². The molecule has 1 aromatic heterocycles. The fraction of sp³-hybridized carbons (Fsp3) is 0.600. The molecule has 0 atom stereocenters. The SMILES string of the molecule is CN=C(NCC(=O)N(C)CCc1ccccn1)N1CCC(CC(=O)NC)CC1.I. The van der Waals surface area contributed by atoms with E-state index in [-0.39, 0.29) is 42.3 Å². The van der Waals surface area contributed by atoms with Gasteiger partial charge < -0.3 is 20.4 Å². The van der Waals surface area contributed by atoms with E-state index in [1.807, 2.05) is 18.2 Å². The van der Waals surface area contributed by atoms with Gasteiger partial charge in [-0.3, -0.25) is 19.6 Å². The molecular weight excluding hydrogens is 483 g/mol. The number of pyridine rings is 1. The van der Waals surface area contributed by atoms with Crippen LogP contribution in [0.4, 0.5) is 0 Å². The monoisotopic (exact) mass is 516 g/mol. The molecular formula is C20H33IN6O2. The van der Waals surface area contributed by atoms with Crippen LogP contribution in [0.3, 0.4) is 0 Å². The molecule has 162 valence electrons. The van der Waals surface area contributed by atoms with Crippen molar-refractivity contribution in [1.82, 2.24) is 25.4 Å². The average molecular weight is 516 g/mol. The minimum absolute atomic E-state index is 0. The van der Waals surface area contributed by atoms with E-state index in [4.69, 9.17) is 0 Å². The minimum Gasteiger partial charge on any atom is -0.359 e. The molecule has 29 heavy (non-hydrogen) atoms. The van der Waals surface area contributed by atoms with Gasteiger partial charge in [0.1, 0.15) is 0 Å². The van der Waals surface area contributed by atoms with Crippen LogP contribution in [0.5, 0.6) is 0 Å². The van der Waals surface area contributed by atoms with Gasteiger partial charge in [0, 0.05) is 65.5 Å². The van der Waals surface area contributed by atoms with E-state index in [9.17, 15) is 9.59 Å². The standard InChI is InChI=1S/C20H32N6O2.HI/c1-21-18(27)14-16-7-12-26(13-8-16)20(22-2)24-15-19(28)25(3)11-9-17-6-4-5-10-23-17;/h4-6,10,16H,7-9,11-15H2,1-3H3,(H,21,27)(H,22,24);1H. The van der Waals surface area contributed by atoms with Gasteiger partial charge in [-0.1, -0.05) is 6.07 Å². The molecule has 2 amide bonds. The molecule has 2 rings (SSSR count). The molecule has 0 bridgehead atoms. The second kappa shape index (κ2) is 13.3. The summed E-state index contributed by atoms with van der Waals surface area (Å²) in [6, 6.07) is 5.80. The largest absolute Gasteiger partial charge is 0.359 e. The summed E-state index contributed by atoms with van der Waals surface area (Å²) in [5.74, 6) is 1.27. The van der Waals surface area contributed by atoms with Crippen LogP contribution in [0.1, 0.15) is 25.0 Å². The average Bonchev–Trinajstić information content (AvgIpc) is 2.73. The number of nitrogens with one attached hydrogen (secondary N) is 2. The van der Waals surface area contributed by atoms with Crippen LogP contribution in [0.2, 0.25) is 0 Å². The van der Waals surface area contributed by atoms with Crippen molar-refractivity contribution in [1.29, 1.82) is 0 Å². The number of hydrogen-bond donors (Lipinski definition) is 2. The first-order valence-corrected chi connectivity index (χ1v) is 9.83. The lowest BCUT2D eigenvalue weighted by molar-refractivity contribution is -0.128. The second-order valence-electron chi connectivity index (χ2n) is 7.09. The zero-order valence-corrected chi connectivity index (χ0v) is 19.9. The topological polar surface area (TPSA) is 89.9 Å². The number of aromatic nitrogens is 1. The van der Waals surface area contributed by atoms with Crippen LogP contribution in [-0.4, -0.2) is 79.9 Å². The third-order valence-electron chi connectivity index (χ3n) is 5.13. The molecule has 0 unspecified atom stereocenters. The van der Waals surface area contributed by atoms with E-state index in [2.05, 4.69) is 25.5 Å². The molecule has 1 aromatic rings. The minimum atomic E-state index is 0. The lowest BCUT2D eigenvalue weighted by Gasteiger charge is -2.34. The number of likely N-dealkylation sites (tertiary alicyclic amines) is 1. The van der Waals surface area contributed by atoms with Crippen LogP contribution >= 0.6 is 24.0 Å². The zero-order valence-electron chi connectivity index (χ0n) is 17.6. The molecule has 0 saturated carbocycles. The summed E-state index contributed by atoms with van der Waals surface area (Å²) in [5, 5.41) is 5.86. The Morgan fingerprint density at radius 1 is 1.31 bits per heavy atom. The van der Waals surface area contributed by atoms with Gasteiger partial charge in [0.15, 0.2) is 5.96 Å². The molecule has 1 saturated heterocycles. The van der Waals surface area contributed by atoms with Crippen LogP contribution in [0, 0.1) is 5.92 Å². The number of likely N-dealkylation sites (N-methyl/N-ethyl adjacent to an activating group) is 1. The Hall–Kier alpha value is -1.91. The summed E-state index contributed by atoms with van der Waals surface area (Å²) >= 11 is 0. The van der Waals surface area contributed by atoms with Gasteiger partial charge in [0.05, 0.1) is 6.54 Å². The summed E-state index contributed by atoms with van der Waals surface area (Å²) in [7, 11) is 5.21. The Morgan fingerprint density at radius 3 is 2.62 bits per heavy atom. The highest BCUT2D eigenvalue weighted by molar-refractivity contribution is 14.0. The van der Waals surface area contributed by atoms with Crippen LogP contribution in [0.25, 0.3) is 0 Å². The number of amides is 2. The number of carbonyl (C=O) groups excluding carboxylic acids is 2. The van der Waals surface area contributed by atoms with Crippen molar-refractivity contribution in [3.05, 3.63) is 30.1 Å². The van der Waals surface area contributed by atoms with Crippen LogP contribution < -0.4 is 10.6 Å². The summed E-state index contributed by atoms with van der Waals surface area (Å²) in [5.41, 5.74) is 0.977. The van der Waals surface area contributed by atoms with E-state index in [0.717, 1.165) is 44.0 Å². The van der Waals surface area contributed by atoms with Gasteiger partial charge in [-0.05, 0) is 30.9 Å². The fourth-order valence-corrected chi connectivity index (χ4v) is 3.29. The predicted molar refractivity (Wildman–Crippen MR) is 125 cm³/mol. The molecule has 1 fully saturated rings. The number of hydrogen-bond acceptors (Lipinski definition) is 4. The molecule has 2 N–H and O–H groups in total. The Bertz CT molecular complexity index is 662. The highest BCUT2D eigenvalue weighted by atomic mass is 127. The molecule has 1 aliphatic heterocycles. The Kier molecular flexibility index (Phi) is 11.6. The summed E-state index contributed by atoms with van der Waals surface area (Å²) < 4.78 is 0. The smallest absolute Gasteiger partial charge is 0.241 e. The van der Waals surface area contributed by atoms with Gasteiger partial charge in [-0.2, -0.15) is 0 Å². The van der Waals surface area contributed by atoms with Crippen molar-refractivity contribution in [3.63, 3.8) is 0 Å². The predicted octanol–water partition coefficient (Wildman–Crippen LogP) is 1.12. The lowest BCUT2D eigenvalue weighted by atomic mass is 9.93. The lowest BCUT2D eigenvalue weighted by Crippen LogP contribution is -2.48. The van der Waals surface area contributed by atoms with Crippen molar-refractivity contribution in [2.75, 3.05) is 47.3 Å². The number of rotatable bonds is 7. The number of aliphatic imine (C=N–C) groups is 1. The summed E-state index contributed by atoms with van der Waals surface area (Å²) in [4.78, 5) is 36.4. The number of guanidine groups is 1. The summed E-state index contributed by atoms with van der Waals surface area (Å²) in [6.45, 7) is 2.51. The van der Waals surface area contributed by atoms with Gasteiger partial charge >= 0.3 is 0 Å². The van der Waals surface area contributed by atoms with E-state index in [0.29, 0.717) is 18.9 Å². The van der Waals surface area contributed by atoms with Crippen molar-refractivity contribution in [3.8, 4) is 0 Å². The number of carbonyl (C=O) groups is 2. The van der Waals surface area contributed by atoms with Gasteiger partial charge in [-0.15, -0.1) is 24.0 Å². The normalized spacial score (nSPS) is 14.7. The molecule has 2 heterocycles. The maximum Gasteiger partial charge on any atom is 0.241 e. The first-order valence-electron chi connectivity index (χ1n) is 9.83. The van der Waals surface area contributed by atoms with Gasteiger partial charge in [-0.25, -0.2) is 0 Å². The first kappa shape index (κ1) is 25.1. The quantitative estimate of drug-likeness (QED) is 0.322. The van der Waals surface area contributed by atoms with E-state index in [1.165, 1.54) is 0 Å². The van der Waals surface area contributed by atoms with E-state index < -0.39 is 0 Å². The highest BCUT2D eigenvalue weighted by Gasteiger charge is 2.23. The molecule has 1 aliphatic rings. The molecule has 0 aromatic carbocycles. The molecule has 0 aliphatic carbocycles.